The number of aromatic amines is 2. The number of hydrogen-bond acceptors (Lipinski definition) is 5. The van der Waals surface area contributed by atoms with Crippen molar-refractivity contribution in [1.82, 2.24) is 30.1 Å². The molecule has 0 radical (unpaired) electrons. The van der Waals surface area contributed by atoms with Gasteiger partial charge in [-0.2, -0.15) is 5.10 Å². The van der Waals surface area contributed by atoms with E-state index >= 15 is 4.39 Å². The van der Waals surface area contributed by atoms with Crippen molar-refractivity contribution in [3.8, 4) is 33.8 Å². The van der Waals surface area contributed by atoms with Crippen molar-refractivity contribution in [3.63, 3.8) is 0 Å². The molecule has 0 aliphatic heterocycles. The normalized spacial score (nSPS) is 13.6. The molecule has 0 bridgehead atoms. The Bertz CT molecular complexity index is 1890. The summed E-state index contributed by atoms with van der Waals surface area (Å²) in [6.45, 7) is 0. The van der Waals surface area contributed by atoms with E-state index < -0.39 is 5.82 Å². The van der Waals surface area contributed by atoms with Gasteiger partial charge < -0.3 is 10.3 Å². The molecule has 6 aromatic rings. The number of fused-ring (bicyclic) bond motifs is 2. The minimum Gasteiger partial charge on any atom is -0.335 e. The molecule has 192 valence electrons. The van der Waals surface area contributed by atoms with Gasteiger partial charge in [0, 0.05) is 40.6 Å². The van der Waals surface area contributed by atoms with Crippen LogP contribution in [-0.2, 0) is 4.79 Å². The Kier molecular flexibility index (Phi) is 5.39. The lowest BCUT2D eigenvalue weighted by Gasteiger charge is -2.24. The van der Waals surface area contributed by atoms with Crippen LogP contribution < -0.4 is 5.32 Å². The second kappa shape index (κ2) is 9.09. The second-order valence-corrected chi connectivity index (χ2v) is 9.62. The van der Waals surface area contributed by atoms with E-state index in [9.17, 15) is 9.18 Å². The molecule has 0 unspecified atom stereocenters. The fourth-order valence-corrected chi connectivity index (χ4v) is 4.96. The van der Waals surface area contributed by atoms with E-state index in [1.54, 1.807) is 61.1 Å². The van der Waals surface area contributed by atoms with Crippen LogP contribution in [0.4, 0.5) is 14.5 Å². The van der Waals surface area contributed by atoms with Gasteiger partial charge >= 0.3 is 0 Å². The van der Waals surface area contributed by atoms with Crippen molar-refractivity contribution in [2.75, 3.05) is 5.32 Å². The average Bonchev–Trinajstić information content (AvgIpc) is 3.53. The van der Waals surface area contributed by atoms with Crippen LogP contribution in [0.2, 0.25) is 0 Å². The fraction of sp³-hybridized carbons (Fsp3) is 0.138. The lowest BCUT2D eigenvalue weighted by Crippen LogP contribution is -2.28. The first-order valence-corrected chi connectivity index (χ1v) is 12.6. The summed E-state index contributed by atoms with van der Waals surface area (Å²) in [5.41, 5.74) is 3.95. The summed E-state index contributed by atoms with van der Waals surface area (Å²) in [7, 11) is 0. The van der Waals surface area contributed by atoms with Crippen molar-refractivity contribution >= 4 is 33.7 Å². The van der Waals surface area contributed by atoms with Crippen LogP contribution in [0.15, 0.2) is 67.1 Å². The standard InChI is InChI=1S/C29H21F2N7O/c30-21-7-2-1-6-19(21)20-10-11-33-27-25(20)35-28(36-27)26-23-22(37-38-26)9-8-18(24(23)31)16-12-17(14-32-13-16)34-29(39)15-4-3-5-15/h1-2,6-15H,3-5H2,(H,34,39)(H,37,38)(H,33,35,36). The molecule has 1 saturated carbocycles. The number of carbonyl (C=O) groups excluding carboxylic acids is 1. The Hall–Kier alpha value is -4.99. The molecule has 1 aliphatic carbocycles. The number of rotatable bonds is 5. The molecule has 0 atom stereocenters. The summed E-state index contributed by atoms with van der Waals surface area (Å²) < 4.78 is 30.7. The number of H-pyrrole nitrogens is 2. The van der Waals surface area contributed by atoms with E-state index in [0.717, 1.165) is 19.3 Å². The molecule has 4 aromatic heterocycles. The molecule has 1 amide bonds. The molecule has 39 heavy (non-hydrogen) atoms. The van der Waals surface area contributed by atoms with Crippen LogP contribution in [-0.4, -0.2) is 36.0 Å². The van der Waals surface area contributed by atoms with Gasteiger partial charge in [-0.25, -0.2) is 18.7 Å². The summed E-state index contributed by atoms with van der Waals surface area (Å²) in [5, 5.41) is 10.3. The summed E-state index contributed by atoms with van der Waals surface area (Å²) in [6, 6.07) is 13.2. The number of benzene rings is 2. The Morgan fingerprint density at radius 2 is 1.87 bits per heavy atom. The van der Waals surface area contributed by atoms with Crippen LogP contribution in [0.25, 0.3) is 55.8 Å². The van der Waals surface area contributed by atoms with Crippen molar-refractivity contribution in [2.45, 2.75) is 19.3 Å². The molecule has 1 fully saturated rings. The number of imidazole rings is 1. The van der Waals surface area contributed by atoms with Gasteiger partial charge in [-0.05, 0) is 43.2 Å². The summed E-state index contributed by atoms with van der Waals surface area (Å²) in [6.07, 6.45) is 7.47. The predicted octanol–water partition coefficient (Wildman–Crippen LogP) is 6.25. The van der Waals surface area contributed by atoms with Crippen molar-refractivity contribution < 1.29 is 13.6 Å². The van der Waals surface area contributed by atoms with Crippen molar-refractivity contribution in [1.29, 1.82) is 0 Å². The Balaban J connectivity index is 1.30. The first kappa shape index (κ1) is 23.2. The average molecular weight is 522 g/mol. The molecule has 0 saturated heterocycles. The zero-order valence-corrected chi connectivity index (χ0v) is 20.5. The molecular weight excluding hydrogens is 500 g/mol. The van der Waals surface area contributed by atoms with Crippen LogP contribution in [0.1, 0.15) is 19.3 Å². The van der Waals surface area contributed by atoms with E-state index in [1.165, 1.54) is 6.07 Å². The van der Waals surface area contributed by atoms with Gasteiger partial charge in [0.05, 0.1) is 28.3 Å². The topological polar surface area (TPSA) is 112 Å². The van der Waals surface area contributed by atoms with Crippen LogP contribution >= 0.6 is 0 Å². The second-order valence-electron chi connectivity index (χ2n) is 9.62. The maximum absolute atomic E-state index is 16.1. The third-order valence-electron chi connectivity index (χ3n) is 7.24. The van der Waals surface area contributed by atoms with E-state index in [2.05, 4.69) is 35.5 Å². The van der Waals surface area contributed by atoms with Crippen molar-refractivity contribution in [3.05, 3.63) is 78.8 Å². The largest absolute Gasteiger partial charge is 0.335 e. The maximum atomic E-state index is 16.1. The van der Waals surface area contributed by atoms with E-state index in [0.29, 0.717) is 50.4 Å². The van der Waals surface area contributed by atoms with Gasteiger partial charge in [0.25, 0.3) is 0 Å². The Morgan fingerprint density at radius 1 is 1.00 bits per heavy atom. The lowest BCUT2D eigenvalue weighted by molar-refractivity contribution is -0.122. The molecule has 8 nitrogen and oxygen atoms in total. The number of halogens is 2. The quantitative estimate of drug-likeness (QED) is 0.248. The third kappa shape index (κ3) is 3.92. The van der Waals surface area contributed by atoms with Crippen LogP contribution in [0, 0.1) is 17.6 Å². The predicted molar refractivity (Wildman–Crippen MR) is 144 cm³/mol. The first-order valence-electron chi connectivity index (χ1n) is 12.6. The van der Waals surface area contributed by atoms with Gasteiger partial charge in [-0.1, -0.05) is 24.6 Å². The zero-order chi connectivity index (χ0) is 26.5. The van der Waals surface area contributed by atoms with Gasteiger partial charge in [-0.15, -0.1) is 0 Å². The van der Waals surface area contributed by atoms with Gasteiger partial charge in [0.1, 0.15) is 17.3 Å². The molecule has 1 aliphatic rings. The van der Waals surface area contributed by atoms with Gasteiger partial charge in [-0.3, -0.25) is 14.9 Å². The maximum Gasteiger partial charge on any atom is 0.227 e. The Labute approximate surface area is 220 Å². The van der Waals surface area contributed by atoms with E-state index in [1.807, 2.05) is 0 Å². The number of carbonyl (C=O) groups is 1. The lowest BCUT2D eigenvalue weighted by atomic mass is 9.85. The summed E-state index contributed by atoms with van der Waals surface area (Å²) in [5.74, 6) is -0.609. The van der Waals surface area contributed by atoms with Crippen LogP contribution in [0.5, 0.6) is 0 Å². The molecule has 0 spiro atoms. The first-order chi connectivity index (χ1) is 19.1. The molecular formula is C29H21F2N7O. The Morgan fingerprint density at radius 3 is 2.69 bits per heavy atom. The molecule has 10 heteroatoms. The molecule has 7 rings (SSSR count). The number of anilines is 1. The highest BCUT2D eigenvalue weighted by Crippen LogP contribution is 2.36. The molecule has 3 N–H and O–H groups in total. The third-order valence-corrected chi connectivity index (χ3v) is 7.24. The fourth-order valence-electron chi connectivity index (χ4n) is 4.96. The van der Waals surface area contributed by atoms with Crippen molar-refractivity contribution in [2.24, 2.45) is 5.92 Å². The monoisotopic (exact) mass is 521 g/mol. The zero-order valence-electron chi connectivity index (χ0n) is 20.5. The number of hydrogen-bond donors (Lipinski definition) is 3. The summed E-state index contributed by atoms with van der Waals surface area (Å²) in [4.78, 5) is 28.6. The van der Waals surface area contributed by atoms with E-state index in [4.69, 9.17) is 0 Å². The van der Waals surface area contributed by atoms with Crippen LogP contribution in [0.3, 0.4) is 0 Å². The highest BCUT2D eigenvalue weighted by molar-refractivity contribution is 5.98. The number of aromatic nitrogens is 6. The van der Waals surface area contributed by atoms with Gasteiger partial charge in [0.15, 0.2) is 11.5 Å². The number of nitrogens with one attached hydrogen (secondary N) is 3. The minimum atomic E-state index is -0.511. The number of nitrogens with zero attached hydrogens (tertiary/aromatic N) is 4. The molecule has 4 heterocycles. The van der Waals surface area contributed by atoms with E-state index in [-0.39, 0.29) is 28.7 Å². The molecule has 2 aromatic carbocycles. The smallest absolute Gasteiger partial charge is 0.227 e. The number of amides is 1. The minimum absolute atomic E-state index is 0.0208. The summed E-state index contributed by atoms with van der Waals surface area (Å²) >= 11 is 0. The highest BCUT2D eigenvalue weighted by atomic mass is 19.1. The number of pyridine rings is 2. The van der Waals surface area contributed by atoms with Gasteiger partial charge in [0.2, 0.25) is 5.91 Å². The highest BCUT2D eigenvalue weighted by Gasteiger charge is 2.25. The SMILES string of the molecule is O=C(Nc1cncc(-c2ccc3[nH]nc(-c4nc5nccc(-c6ccccc6F)c5[nH]4)c3c2F)c1)C1CCC1.